The molecule has 0 radical (unpaired) electrons. The predicted molar refractivity (Wildman–Crippen MR) is 75.0 cm³/mol. The number of hydrogen-bond donors (Lipinski definition) is 0. The van der Waals surface area contributed by atoms with Crippen molar-refractivity contribution in [2.24, 2.45) is 0 Å². The van der Waals surface area contributed by atoms with E-state index in [4.69, 9.17) is 0 Å². The van der Waals surface area contributed by atoms with Gasteiger partial charge in [-0.15, -0.1) is 0 Å². The Morgan fingerprint density at radius 2 is 1.70 bits per heavy atom. The lowest BCUT2D eigenvalue weighted by Gasteiger charge is -2.13. The molecule has 0 aliphatic heterocycles. The largest absolute Gasteiger partial charge is 0.292 e. The van der Waals surface area contributed by atoms with Gasteiger partial charge >= 0.3 is 0 Å². The van der Waals surface area contributed by atoms with E-state index in [1.54, 1.807) is 6.07 Å². The highest BCUT2D eigenvalue weighted by Crippen LogP contribution is 2.26. The highest BCUT2D eigenvalue weighted by atomic mass is 19.1. The molecule has 2 rings (SSSR count). The standard InChI is InChI=1S/C17H14FNO/c1-11-6-5-7-12(2)16(11)17(20)14(10-19)13-8-3-4-9-15(13)18/h3-9,14H,1-2H3. The fourth-order valence-corrected chi connectivity index (χ4v) is 2.33. The van der Waals surface area contributed by atoms with Gasteiger partial charge in [-0.05, 0) is 31.0 Å². The van der Waals surface area contributed by atoms with Crippen LogP contribution in [0.1, 0.15) is 33.0 Å². The van der Waals surface area contributed by atoms with Crippen molar-refractivity contribution in [2.45, 2.75) is 19.8 Å². The van der Waals surface area contributed by atoms with Crippen molar-refractivity contribution in [1.82, 2.24) is 0 Å². The van der Waals surface area contributed by atoms with E-state index in [0.29, 0.717) is 5.56 Å². The Balaban J connectivity index is 2.52. The summed E-state index contributed by atoms with van der Waals surface area (Å²) in [6.45, 7) is 3.63. The van der Waals surface area contributed by atoms with Crippen LogP contribution >= 0.6 is 0 Å². The molecule has 0 saturated heterocycles. The van der Waals surface area contributed by atoms with Crippen LogP contribution in [-0.4, -0.2) is 5.78 Å². The van der Waals surface area contributed by atoms with Gasteiger partial charge in [0, 0.05) is 11.1 Å². The molecule has 0 fully saturated rings. The average molecular weight is 267 g/mol. The first-order valence-electron chi connectivity index (χ1n) is 6.30. The van der Waals surface area contributed by atoms with Crippen LogP contribution in [-0.2, 0) is 0 Å². The second-order valence-corrected chi connectivity index (χ2v) is 4.71. The van der Waals surface area contributed by atoms with Crippen LogP contribution in [0.5, 0.6) is 0 Å². The number of halogens is 1. The van der Waals surface area contributed by atoms with Gasteiger partial charge in [0.1, 0.15) is 11.7 Å². The number of carbonyl (C=O) groups is 1. The van der Waals surface area contributed by atoms with Gasteiger partial charge in [-0.3, -0.25) is 4.79 Å². The summed E-state index contributed by atoms with van der Waals surface area (Å²) < 4.78 is 13.8. The van der Waals surface area contributed by atoms with Crippen LogP contribution in [0.2, 0.25) is 0 Å². The average Bonchev–Trinajstić information content (AvgIpc) is 2.41. The Labute approximate surface area is 117 Å². The van der Waals surface area contributed by atoms with E-state index >= 15 is 0 Å². The fourth-order valence-electron chi connectivity index (χ4n) is 2.33. The molecule has 0 aliphatic rings. The Morgan fingerprint density at radius 1 is 1.10 bits per heavy atom. The molecule has 0 aromatic heterocycles. The molecule has 1 atom stereocenters. The highest BCUT2D eigenvalue weighted by molar-refractivity contribution is 6.04. The summed E-state index contributed by atoms with van der Waals surface area (Å²) in [5.41, 5.74) is 2.23. The summed E-state index contributed by atoms with van der Waals surface area (Å²) in [6, 6.07) is 13.3. The molecule has 100 valence electrons. The van der Waals surface area contributed by atoms with Crippen LogP contribution in [0.15, 0.2) is 42.5 Å². The van der Waals surface area contributed by atoms with Crippen molar-refractivity contribution in [2.75, 3.05) is 0 Å². The van der Waals surface area contributed by atoms with Crippen molar-refractivity contribution in [3.8, 4) is 6.07 Å². The molecule has 0 amide bonds. The summed E-state index contributed by atoms with van der Waals surface area (Å²) in [5.74, 6) is -2.00. The lowest BCUT2D eigenvalue weighted by atomic mass is 9.87. The first kappa shape index (κ1) is 14.0. The quantitative estimate of drug-likeness (QED) is 0.790. The van der Waals surface area contributed by atoms with E-state index in [2.05, 4.69) is 0 Å². The smallest absolute Gasteiger partial charge is 0.185 e. The van der Waals surface area contributed by atoms with Gasteiger partial charge in [0.25, 0.3) is 0 Å². The molecule has 0 spiro atoms. The second kappa shape index (κ2) is 5.66. The van der Waals surface area contributed by atoms with Gasteiger partial charge in [-0.1, -0.05) is 36.4 Å². The Morgan fingerprint density at radius 3 is 2.25 bits per heavy atom. The van der Waals surface area contributed by atoms with Crippen LogP contribution in [0.25, 0.3) is 0 Å². The molecular formula is C17H14FNO. The molecule has 2 aromatic carbocycles. The van der Waals surface area contributed by atoms with Gasteiger partial charge in [0.2, 0.25) is 0 Å². The number of hydrogen-bond acceptors (Lipinski definition) is 2. The molecule has 0 bridgehead atoms. The SMILES string of the molecule is Cc1cccc(C)c1C(=O)C(C#N)c1ccccc1F. The number of Topliss-reactive ketones (excluding diaryl/α,β-unsaturated/α-hetero) is 1. The van der Waals surface area contributed by atoms with Crippen LogP contribution < -0.4 is 0 Å². The first-order chi connectivity index (χ1) is 9.56. The monoisotopic (exact) mass is 267 g/mol. The van der Waals surface area contributed by atoms with Crippen LogP contribution in [0, 0.1) is 31.0 Å². The lowest BCUT2D eigenvalue weighted by molar-refractivity contribution is 0.0976. The lowest BCUT2D eigenvalue weighted by Crippen LogP contribution is -2.15. The fraction of sp³-hybridized carbons (Fsp3) is 0.176. The topological polar surface area (TPSA) is 40.9 Å². The summed E-state index contributed by atoms with van der Waals surface area (Å²) in [4.78, 5) is 12.6. The van der Waals surface area contributed by atoms with E-state index in [1.165, 1.54) is 18.2 Å². The summed E-state index contributed by atoms with van der Waals surface area (Å²) in [7, 11) is 0. The van der Waals surface area contributed by atoms with Gasteiger partial charge in [0.05, 0.1) is 6.07 Å². The van der Waals surface area contributed by atoms with Gasteiger partial charge in [-0.25, -0.2) is 4.39 Å². The Hall–Kier alpha value is -2.47. The predicted octanol–water partition coefficient (Wildman–Crippen LogP) is 3.93. The number of ketones is 1. The van der Waals surface area contributed by atoms with E-state index in [9.17, 15) is 14.4 Å². The Kier molecular flexibility index (Phi) is 3.95. The third kappa shape index (κ3) is 2.46. The molecule has 0 aliphatic carbocycles. The number of nitrogens with zero attached hydrogens (tertiary/aromatic N) is 1. The molecule has 2 nitrogen and oxygen atoms in total. The molecule has 2 aromatic rings. The molecule has 20 heavy (non-hydrogen) atoms. The third-order valence-electron chi connectivity index (χ3n) is 3.34. The zero-order valence-corrected chi connectivity index (χ0v) is 11.4. The number of benzene rings is 2. The van der Waals surface area contributed by atoms with Gasteiger partial charge < -0.3 is 0 Å². The number of carbonyl (C=O) groups excluding carboxylic acids is 1. The second-order valence-electron chi connectivity index (χ2n) is 4.71. The van der Waals surface area contributed by atoms with E-state index in [-0.39, 0.29) is 11.3 Å². The normalized spacial score (nSPS) is 11.7. The van der Waals surface area contributed by atoms with Crippen LogP contribution in [0.3, 0.4) is 0 Å². The maximum atomic E-state index is 13.8. The zero-order valence-electron chi connectivity index (χ0n) is 11.4. The number of rotatable bonds is 3. The Bertz CT molecular complexity index is 680. The van der Waals surface area contributed by atoms with E-state index in [0.717, 1.165) is 11.1 Å². The van der Waals surface area contributed by atoms with Crippen LogP contribution in [0.4, 0.5) is 4.39 Å². The maximum Gasteiger partial charge on any atom is 0.185 e. The van der Waals surface area contributed by atoms with Crippen molar-refractivity contribution < 1.29 is 9.18 Å². The van der Waals surface area contributed by atoms with Gasteiger partial charge in [-0.2, -0.15) is 5.26 Å². The minimum Gasteiger partial charge on any atom is -0.292 e. The van der Waals surface area contributed by atoms with Crippen molar-refractivity contribution in [3.63, 3.8) is 0 Å². The van der Waals surface area contributed by atoms with Crippen molar-refractivity contribution in [1.29, 1.82) is 5.26 Å². The molecule has 0 saturated carbocycles. The highest BCUT2D eigenvalue weighted by Gasteiger charge is 2.26. The molecule has 0 heterocycles. The summed E-state index contributed by atoms with van der Waals surface area (Å²) in [5, 5.41) is 9.28. The molecular weight excluding hydrogens is 253 g/mol. The first-order valence-corrected chi connectivity index (χ1v) is 6.30. The summed E-state index contributed by atoms with van der Waals surface area (Å²) >= 11 is 0. The minimum absolute atomic E-state index is 0.127. The minimum atomic E-state index is -1.11. The maximum absolute atomic E-state index is 13.8. The van der Waals surface area contributed by atoms with Gasteiger partial charge in [0.15, 0.2) is 5.78 Å². The molecule has 1 unspecified atom stereocenters. The molecule has 3 heteroatoms. The number of aryl methyl sites for hydroxylation is 2. The van der Waals surface area contributed by atoms with Crippen molar-refractivity contribution in [3.05, 3.63) is 70.5 Å². The van der Waals surface area contributed by atoms with E-state index < -0.39 is 11.7 Å². The summed E-state index contributed by atoms with van der Waals surface area (Å²) in [6.07, 6.45) is 0. The zero-order chi connectivity index (χ0) is 14.7. The van der Waals surface area contributed by atoms with E-state index in [1.807, 2.05) is 38.1 Å². The third-order valence-corrected chi connectivity index (χ3v) is 3.34. The van der Waals surface area contributed by atoms with Crippen molar-refractivity contribution >= 4 is 5.78 Å². The number of nitriles is 1. The molecule has 0 N–H and O–H groups in total.